The van der Waals surface area contributed by atoms with Gasteiger partial charge in [-0.3, -0.25) is 0 Å². The van der Waals surface area contributed by atoms with Crippen molar-refractivity contribution in [2.45, 2.75) is 71.6 Å². The quantitative estimate of drug-likeness (QED) is 0.462. The van der Waals surface area contributed by atoms with Crippen molar-refractivity contribution in [2.75, 3.05) is 20.6 Å². The first-order chi connectivity index (χ1) is 7.66. The minimum absolute atomic E-state index is 0.870. The van der Waals surface area contributed by atoms with Crippen LogP contribution in [0.1, 0.15) is 71.6 Å². The number of hydrogen-bond donors (Lipinski definition) is 0. The standard InChI is InChI=1S/C15H33N/c1-5-6-7-8-9-10-11-12-13-15(2)14-16(3)4/h15H,5-14H2,1-4H3. The average Bonchev–Trinajstić information content (AvgIpc) is 2.21. The number of rotatable bonds is 11. The molecule has 0 radical (unpaired) electrons. The molecule has 1 heteroatoms. The molecule has 0 N–H and O–H groups in total. The molecule has 98 valence electrons. The summed E-state index contributed by atoms with van der Waals surface area (Å²) in [7, 11) is 4.34. The molecular formula is C15H33N. The fraction of sp³-hybridized carbons (Fsp3) is 1.00. The smallest absolute Gasteiger partial charge is 0.0000920 e. The Morgan fingerprint density at radius 1 is 0.812 bits per heavy atom. The van der Waals surface area contributed by atoms with Gasteiger partial charge < -0.3 is 4.90 Å². The van der Waals surface area contributed by atoms with Crippen LogP contribution in [0.3, 0.4) is 0 Å². The van der Waals surface area contributed by atoms with Gasteiger partial charge in [-0.1, -0.05) is 65.2 Å². The Labute approximate surface area is 104 Å². The van der Waals surface area contributed by atoms with Crippen LogP contribution in [0.4, 0.5) is 0 Å². The van der Waals surface area contributed by atoms with E-state index in [1.165, 1.54) is 64.3 Å². The lowest BCUT2D eigenvalue weighted by Crippen LogP contribution is -2.19. The zero-order valence-corrected chi connectivity index (χ0v) is 12.1. The Hall–Kier alpha value is -0.0400. The van der Waals surface area contributed by atoms with Crippen molar-refractivity contribution < 1.29 is 0 Å². The molecule has 0 amide bonds. The third-order valence-corrected chi connectivity index (χ3v) is 3.23. The third-order valence-electron chi connectivity index (χ3n) is 3.23. The van der Waals surface area contributed by atoms with Gasteiger partial charge in [0.15, 0.2) is 0 Å². The molecule has 0 aliphatic heterocycles. The zero-order chi connectivity index (χ0) is 12.2. The van der Waals surface area contributed by atoms with Crippen LogP contribution in [0.25, 0.3) is 0 Å². The Morgan fingerprint density at radius 2 is 1.31 bits per heavy atom. The van der Waals surface area contributed by atoms with Crippen molar-refractivity contribution in [2.24, 2.45) is 5.92 Å². The molecule has 16 heavy (non-hydrogen) atoms. The van der Waals surface area contributed by atoms with E-state index in [4.69, 9.17) is 0 Å². The molecule has 0 aliphatic rings. The first-order valence-corrected chi connectivity index (χ1v) is 7.31. The summed E-state index contributed by atoms with van der Waals surface area (Å²) in [4.78, 5) is 2.30. The normalized spacial score (nSPS) is 13.3. The van der Waals surface area contributed by atoms with E-state index < -0.39 is 0 Å². The van der Waals surface area contributed by atoms with Crippen LogP contribution in [0.2, 0.25) is 0 Å². The van der Waals surface area contributed by atoms with Gasteiger partial charge in [0.05, 0.1) is 0 Å². The lowest BCUT2D eigenvalue weighted by Gasteiger charge is -2.16. The molecule has 0 saturated carbocycles. The Morgan fingerprint density at radius 3 is 1.81 bits per heavy atom. The van der Waals surface area contributed by atoms with Crippen molar-refractivity contribution >= 4 is 0 Å². The second-order valence-electron chi connectivity index (χ2n) is 5.63. The lowest BCUT2D eigenvalue weighted by molar-refractivity contribution is 0.321. The predicted octanol–water partition coefficient (Wildman–Crippen LogP) is 4.71. The number of nitrogens with zero attached hydrogens (tertiary/aromatic N) is 1. The first-order valence-electron chi connectivity index (χ1n) is 7.31. The summed E-state index contributed by atoms with van der Waals surface area (Å²) in [6.07, 6.45) is 12.9. The molecule has 0 aromatic carbocycles. The van der Waals surface area contributed by atoms with Crippen LogP contribution < -0.4 is 0 Å². The molecule has 0 aromatic heterocycles. The van der Waals surface area contributed by atoms with E-state index in [-0.39, 0.29) is 0 Å². The van der Waals surface area contributed by atoms with E-state index in [2.05, 4.69) is 32.8 Å². The summed E-state index contributed by atoms with van der Waals surface area (Å²) < 4.78 is 0. The third kappa shape index (κ3) is 12.0. The van der Waals surface area contributed by atoms with Gasteiger partial charge in [0.1, 0.15) is 0 Å². The van der Waals surface area contributed by atoms with E-state index in [0.717, 1.165) is 5.92 Å². The molecule has 0 spiro atoms. The fourth-order valence-corrected chi connectivity index (χ4v) is 2.34. The summed E-state index contributed by atoms with van der Waals surface area (Å²) in [5.74, 6) is 0.870. The van der Waals surface area contributed by atoms with Crippen molar-refractivity contribution in [3.05, 3.63) is 0 Å². The van der Waals surface area contributed by atoms with Crippen molar-refractivity contribution in [1.29, 1.82) is 0 Å². The Balaban J connectivity index is 3.08. The molecule has 0 aromatic rings. The van der Waals surface area contributed by atoms with E-state index >= 15 is 0 Å². The van der Waals surface area contributed by atoms with Crippen molar-refractivity contribution in [3.63, 3.8) is 0 Å². The maximum absolute atomic E-state index is 2.38. The first kappa shape index (κ1) is 16.0. The summed E-state index contributed by atoms with van der Waals surface area (Å²) in [6, 6.07) is 0. The molecule has 0 bridgehead atoms. The van der Waals surface area contributed by atoms with Crippen molar-refractivity contribution in [3.8, 4) is 0 Å². The maximum Gasteiger partial charge on any atom is 0.0000920 e. The highest BCUT2D eigenvalue weighted by Gasteiger charge is 2.02. The summed E-state index contributed by atoms with van der Waals surface area (Å²) in [5, 5.41) is 0. The van der Waals surface area contributed by atoms with Gasteiger partial charge in [-0.15, -0.1) is 0 Å². The van der Waals surface area contributed by atoms with Crippen LogP contribution in [-0.4, -0.2) is 25.5 Å². The van der Waals surface area contributed by atoms with Gasteiger partial charge in [-0.05, 0) is 26.4 Å². The van der Waals surface area contributed by atoms with Gasteiger partial charge in [-0.2, -0.15) is 0 Å². The second kappa shape index (κ2) is 11.4. The highest BCUT2D eigenvalue weighted by atomic mass is 15.1. The van der Waals surface area contributed by atoms with Gasteiger partial charge in [0.25, 0.3) is 0 Å². The van der Waals surface area contributed by atoms with Crippen LogP contribution in [-0.2, 0) is 0 Å². The van der Waals surface area contributed by atoms with Crippen LogP contribution >= 0.6 is 0 Å². The molecule has 1 atom stereocenters. The van der Waals surface area contributed by atoms with Crippen LogP contribution in [0.15, 0.2) is 0 Å². The predicted molar refractivity (Wildman–Crippen MR) is 74.9 cm³/mol. The molecule has 0 saturated heterocycles. The van der Waals surface area contributed by atoms with Gasteiger partial charge >= 0.3 is 0 Å². The monoisotopic (exact) mass is 227 g/mol. The number of unbranched alkanes of at least 4 members (excludes halogenated alkanes) is 7. The minimum atomic E-state index is 0.870. The van der Waals surface area contributed by atoms with E-state index in [9.17, 15) is 0 Å². The Bertz CT molecular complexity index is 131. The average molecular weight is 227 g/mol. The minimum Gasteiger partial charge on any atom is -0.309 e. The van der Waals surface area contributed by atoms with E-state index in [1.807, 2.05) is 0 Å². The van der Waals surface area contributed by atoms with Gasteiger partial charge in [0, 0.05) is 6.54 Å². The maximum atomic E-state index is 2.38. The summed E-state index contributed by atoms with van der Waals surface area (Å²) in [6.45, 7) is 5.91. The lowest BCUT2D eigenvalue weighted by atomic mass is 10.0. The molecule has 1 nitrogen and oxygen atoms in total. The van der Waals surface area contributed by atoms with Crippen molar-refractivity contribution in [1.82, 2.24) is 4.90 Å². The molecule has 0 heterocycles. The highest BCUT2D eigenvalue weighted by Crippen LogP contribution is 2.13. The molecule has 1 unspecified atom stereocenters. The summed E-state index contributed by atoms with van der Waals surface area (Å²) in [5.41, 5.74) is 0. The van der Waals surface area contributed by atoms with Gasteiger partial charge in [0.2, 0.25) is 0 Å². The highest BCUT2D eigenvalue weighted by molar-refractivity contribution is 4.56. The van der Waals surface area contributed by atoms with E-state index in [1.54, 1.807) is 0 Å². The van der Waals surface area contributed by atoms with Crippen LogP contribution in [0.5, 0.6) is 0 Å². The molecule has 0 aliphatic carbocycles. The Kier molecular flexibility index (Phi) is 11.4. The second-order valence-corrected chi connectivity index (χ2v) is 5.63. The molecule has 0 fully saturated rings. The fourth-order valence-electron chi connectivity index (χ4n) is 2.34. The van der Waals surface area contributed by atoms with Gasteiger partial charge in [-0.25, -0.2) is 0 Å². The topological polar surface area (TPSA) is 3.24 Å². The SMILES string of the molecule is CCCCCCCCCCC(C)CN(C)C. The van der Waals surface area contributed by atoms with E-state index in [0.29, 0.717) is 0 Å². The van der Waals surface area contributed by atoms with Crippen LogP contribution in [0, 0.1) is 5.92 Å². The summed E-state index contributed by atoms with van der Waals surface area (Å²) >= 11 is 0. The largest absolute Gasteiger partial charge is 0.309 e. The molecular weight excluding hydrogens is 194 g/mol. The zero-order valence-electron chi connectivity index (χ0n) is 12.1. The number of hydrogen-bond acceptors (Lipinski definition) is 1. The molecule has 0 rings (SSSR count).